The van der Waals surface area contributed by atoms with E-state index in [9.17, 15) is 18.0 Å². The highest BCUT2D eigenvalue weighted by Gasteiger charge is 2.32. The minimum atomic E-state index is -3.02. The molecule has 4 rings (SSSR count). The van der Waals surface area contributed by atoms with E-state index in [1.54, 1.807) is 6.07 Å². The lowest BCUT2D eigenvalue weighted by molar-refractivity contribution is 0.0473. The van der Waals surface area contributed by atoms with E-state index in [2.05, 4.69) is 4.57 Å². The number of nitrogens with zero attached hydrogens (tertiary/aromatic N) is 2. The fraction of sp³-hybridized carbons (Fsp3) is 0.545. The Morgan fingerprint density at radius 1 is 0.933 bits per heavy atom. The predicted molar refractivity (Wildman–Crippen MR) is 113 cm³/mol. The molecule has 3 heterocycles. The number of aromatic nitrogens is 2. The summed E-state index contributed by atoms with van der Waals surface area (Å²) >= 11 is 0. The topological polar surface area (TPSA) is 87.4 Å². The van der Waals surface area contributed by atoms with Crippen LogP contribution < -0.4 is 0 Å². The fourth-order valence-electron chi connectivity index (χ4n) is 4.77. The first kappa shape index (κ1) is 20.9. The summed E-state index contributed by atoms with van der Waals surface area (Å²) in [7, 11) is -3.02. The molecule has 2 aliphatic rings. The van der Waals surface area contributed by atoms with Gasteiger partial charge in [0.1, 0.15) is 0 Å². The van der Waals surface area contributed by atoms with Gasteiger partial charge in [0.2, 0.25) is 5.78 Å². The monoisotopic (exact) mass is 432 g/mol. The Morgan fingerprint density at radius 3 is 2.07 bits per heavy atom. The molecule has 30 heavy (non-hydrogen) atoms. The number of aryl methyl sites for hydroxylation is 2. The third kappa shape index (κ3) is 3.73. The molecule has 1 aliphatic carbocycles. The standard InChI is InChI=1S/C22H28N2O5S/c1-13-9-19(15(3)24(13)18-7-8-30(27,28)12-18)21(25)11-29-22(26)20-10-14(2)23(16(20)4)17-5-6-17/h9-10,17-18H,5-8,11-12H2,1-4H3. The van der Waals surface area contributed by atoms with E-state index in [1.165, 1.54) is 0 Å². The molecule has 0 bridgehead atoms. The number of carbonyl (C=O) groups excluding carboxylic acids is 2. The molecular formula is C22H28N2O5S. The molecule has 7 nitrogen and oxygen atoms in total. The normalized spacial score (nSPS) is 20.5. The number of hydrogen-bond donors (Lipinski definition) is 0. The number of hydrogen-bond acceptors (Lipinski definition) is 5. The van der Waals surface area contributed by atoms with Gasteiger partial charge in [-0.25, -0.2) is 13.2 Å². The highest BCUT2D eigenvalue weighted by molar-refractivity contribution is 7.91. The van der Waals surface area contributed by atoms with Crippen molar-refractivity contribution in [2.24, 2.45) is 0 Å². The summed E-state index contributed by atoms with van der Waals surface area (Å²) in [6.07, 6.45) is 2.81. The molecule has 2 aromatic rings. The van der Waals surface area contributed by atoms with Gasteiger partial charge in [-0.05, 0) is 59.1 Å². The average molecular weight is 433 g/mol. The van der Waals surface area contributed by atoms with E-state index >= 15 is 0 Å². The van der Waals surface area contributed by atoms with Crippen LogP contribution in [-0.2, 0) is 14.6 Å². The Kier molecular flexibility index (Phi) is 5.16. The first-order valence-electron chi connectivity index (χ1n) is 10.4. The van der Waals surface area contributed by atoms with Crippen molar-refractivity contribution >= 4 is 21.6 Å². The number of sulfone groups is 1. The molecular weight excluding hydrogens is 404 g/mol. The van der Waals surface area contributed by atoms with Crippen LogP contribution >= 0.6 is 0 Å². The Balaban J connectivity index is 1.47. The van der Waals surface area contributed by atoms with Gasteiger partial charge in [0.05, 0.1) is 17.1 Å². The molecule has 1 unspecified atom stereocenters. The molecule has 1 atom stereocenters. The number of ketones is 1. The zero-order valence-electron chi connectivity index (χ0n) is 17.9. The minimum Gasteiger partial charge on any atom is -0.454 e. The van der Waals surface area contributed by atoms with Crippen LogP contribution in [0.3, 0.4) is 0 Å². The van der Waals surface area contributed by atoms with E-state index in [-0.39, 0.29) is 29.9 Å². The molecule has 1 saturated carbocycles. The van der Waals surface area contributed by atoms with Gasteiger partial charge in [-0.15, -0.1) is 0 Å². The zero-order valence-corrected chi connectivity index (χ0v) is 18.7. The summed E-state index contributed by atoms with van der Waals surface area (Å²) in [5.74, 6) is -0.490. The van der Waals surface area contributed by atoms with Crippen molar-refractivity contribution in [2.75, 3.05) is 18.1 Å². The van der Waals surface area contributed by atoms with Crippen molar-refractivity contribution in [3.8, 4) is 0 Å². The number of esters is 1. The maximum atomic E-state index is 12.8. The lowest BCUT2D eigenvalue weighted by Crippen LogP contribution is -2.17. The second-order valence-electron chi connectivity index (χ2n) is 8.60. The van der Waals surface area contributed by atoms with Gasteiger partial charge in [0.25, 0.3) is 0 Å². The largest absolute Gasteiger partial charge is 0.454 e. The first-order chi connectivity index (χ1) is 14.1. The fourth-order valence-corrected chi connectivity index (χ4v) is 6.47. The van der Waals surface area contributed by atoms with E-state index < -0.39 is 15.8 Å². The van der Waals surface area contributed by atoms with Gasteiger partial charge in [-0.2, -0.15) is 0 Å². The molecule has 1 aliphatic heterocycles. The van der Waals surface area contributed by atoms with Gasteiger partial charge in [0.15, 0.2) is 16.4 Å². The second-order valence-corrected chi connectivity index (χ2v) is 10.8. The molecule has 0 spiro atoms. The Morgan fingerprint density at radius 2 is 1.50 bits per heavy atom. The summed E-state index contributed by atoms with van der Waals surface area (Å²) in [6.45, 7) is 7.24. The van der Waals surface area contributed by atoms with Crippen molar-refractivity contribution in [1.82, 2.24) is 9.13 Å². The maximum Gasteiger partial charge on any atom is 0.340 e. The van der Waals surface area contributed by atoms with Gasteiger partial charge < -0.3 is 13.9 Å². The summed E-state index contributed by atoms with van der Waals surface area (Å²) < 4.78 is 33.1. The van der Waals surface area contributed by atoms with Crippen LogP contribution in [-0.4, -0.2) is 47.4 Å². The van der Waals surface area contributed by atoms with Gasteiger partial charge >= 0.3 is 5.97 Å². The second kappa shape index (κ2) is 7.41. The van der Waals surface area contributed by atoms with E-state index in [1.807, 2.05) is 38.3 Å². The Bertz CT molecular complexity index is 1130. The lowest BCUT2D eigenvalue weighted by atomic mass is 10.1. The number of rotatable bonds is 6. The third-order valence-corrected chi connectivity index (χ3v) is 8.06. The van der Waals surface area contributed by atoms with Gasteiger partial charge in [-0.3, -0.25) is 4.79 Å². The quantitative estimate of drug-likeness (QED) is 0.516. The summed E-state index contributed by atoms with van der Waals surface area (Å²) in [5.41, 5.74) is 4.47. The van der Waals surface area contributed by atoms with Crippen LogP contribution in [0.1, 0.15) is 74.8 Å². The Labute approximate surface area is 176 Å². The molecule has 0 radical (unpaired) electrons. The van der Waals surface area contributed by atoms with Crippen LogP contribution in [0.5, 0.6) is 0 Å². The third-order valence-electron chi connectivity index (χ3n) is 6.31. The smallest absolute Gasteiger partial charge is 0.340 e. The number of ether oxygens (including phenoxy) is 1. The number of Topliss-reactive ketones (excluding diaryl/α,β-unsaturated/α-hetero) is 1. The van der Waals surface area contributed by atoms with Crippen LogP contribution in [0, 0.1) is 27.7 Å². The van der Waals surface area contributed by atoms with E-state index in [0.717, 1.165) is 35.6 Å². The summed E-state index contributed by atoms with van der Waals surface area (Å²) in [5, 5.41) is 0. The molecule has 1 saturated heterocycles. The SMILES string of the molecule is Cc1cc(C(=O)COC(=O)c2cc(C)n(C3CC3)c2C)c(C)n1C1CCS(=O)(=O)C1. The number of carbonyl (C=O) groups is 2. The average Bonchev–Trinajstić information content (AvgIpc) is 3.28. The van der Waals surface area contributed by atoms with Gasteiger partial charge in [0, 0.05) is 40.4 Å². The van der Waals surface area contributed by atoms with Crippen molar-refractivity contribution < 1.29 is 22.7 Å². The molecule has 8 heteroatoms. The first-order valence-corrected chi connectivity index (χ1v) is 12.2. The lowest BCUT2D eigenvalue weighted by Gasteiger charge is -2.16. The molecule has 2 fully saturated rings. The maximum absolute atomic E-state index is 12.8. The van der Waals surface area contributed by atoms with Crippen LogP contribution in [0.4, 0.5) is 0 Å². The predicted octanol–water partition coefficient (Wildman–Crippen LogP) is 3.26. The zero-order chi connectivity index (χ0) is 21.8. The molecule has 2 aromatic heterocycles. The molecule has 0 amide bonds. The molecule has 0 aromatic carbocycles. The van der Waals surface area contributed by atoms with Crippen molar-refractivity contribution in [3.05, 3.63) is 46.0 Å². The summed E-state index contributed by atoms with van der Waals surface area (Å²) in [6, 6.07) is 3.91. The van der Waals surface area contributed by atoms with Crippen LogP contribution in [0.2, 0.25) is 0 Å². The molecule has 0 N–H and O–H groups in total. The van der Waals surface area contributed by atoms with Crippen molar-refractivity contribution in [2.45, 2.75) is 59.0 Å². The van der Waals surface area contributed by atoms with Gasteiger partial charge in [-0.1, -0.05) is 0 Å². The van der Waals surface area contributed by atoms with Crippen molar-refractivity contribution in [3.63, 3.8) is 0 Å². The Hall–Kier alpha value is -2.35. The highest BCUT2D eigenvalue weighted by atomic mass is 32.2. The van der Waals surface area contributed by atoms with E-state index in [4.69, 9.17) is 4.74 Å². The molecule has 162 valence electrons. The van der Waals surface area contributed by atoms with Crippen molar-refractivity contribution in [1.29, 1.82) is 0 Å². The van der Waals surface area contributed by atoms with Crippen LogP contribution in [0.25, 0.3) is 0 Å². The summed E-state index contributed by atoms with van der Waals surface area (Å²) in [4.78, 5) is 25.4. The van der Waals surface area contributed by atoms with Crippen LogP contribution in [0.15, 0.2) is 12.1 Å². The van der Waals surface area contributed by atoms with E-state index in [0.29, 0.717) is 23.6 Å². The highest BCUT2D eigenvalue weighted by Crippen LogP contribution is 2.38. The minimum absolute atomic E-state index is 0.0998.